The lowest BCUT2D eigenvalue weighted by Crippen LogP contribution is -2.70. The van der Waals surface area contributed by atoms with Crippen molar-refractivity contribution in [3.63, 3.8) is 0 Å². The first kappa shape index (κ1) is 12.2. The standard InChI is InChI=1S/C10H14N2O4S/c1-4(13)11-5-7(14)12-6(9(15)16)10(2,3)17-8(5)12/h5-6,8H,1-3H3,(H,11,13)(H,15,16)/t5-,6+,8-/m1/s1. The molecule has 0 bridgehead atoms. The molecule has 0 aromatic heterocycles. The third-order valence-electron chi connectivity index (χ3n) is 3.03. The highest BCUT2D eigenvalue weighted by atomic mass is 32.2. The van der Waals surface area contributed by atoms with Crippen molar-refractivity contribution in [1.82, 2.24) is 10.2 Å². The molecule has 6 nitrogen and oxygen atoms in total. The third-order valence-corrected chi connectivity index (χ3v) is 4.61. The van der Waals surface area contributed by atoms with Crippen molar-refractivity contribution in [3.05, 3.63) is 0 Å². The average Bonchev–Trinajstić information content (AvgIpc) is 2.43. The molecule has 0 spiro atoms. The minimum Gasteiger partial charge on any atom is -0.480 e. The van der Waals surface area contributed by atoms with Gasteiger partial charge in [-0.05, 0) is 13.8 Å². The highest BCUT2D eigenvalue weighted by Crippen LogP contribution is 2.50. The van der Waals surface area contributed by atoms with Crippen LogP contribution < -0.4 is 5.32 Å². The summed E-state index contributed by atoms with van der Waals surface area (Å²) < 4.78 is -0.542. The number of nitrogens with one attached hydrogen (secondary N) is 1. The van der Waals surface area contributed by atoms with E-state index in [1.165, 1.54) is 23.6 Å². The summed E-state index contributed by atoms with van der Waals surface area (Å²) in [5, 5.41) is 11.5. The summed E-state index contributed by atoms with van der Waals surface area (Å²) in [5.41, 5.74) is 0. The van der Waals surface area contributed by atoms with Crippen LogP contribution in [0.5, 0.6) is 0 Å². The van der Waals surface area contributed by atoms with Crippen molar-refractivity contribution in [2.24, 2.45) is 0 Å². The number of amides is 2. The first-order valence-electron chi connectivity index (χ1n) is 5.25. The van der Waals surface area contributed by atoms with Crippen LogP contribution in [0.25, 0.3) is 0 Å². The lowest BCUT2D eigenvalue weighted by Gasteiger charge is -2.43. The van der Waals surface area contributed by atoms with Crippen molar-refractivity contribution < 1.29 is 19.5 Å². The molecule has 2 saturated heterocycles. The Kier molecular flexibility index (Phi) is 2.61. The molecule has 2 rings (SSSR count). The average molecular weight is 258 g/mol. The Morgan fingerprint density at radius 3 is 2.53 bits per heavy atom. The van der Waals surface area contributed by atoms with E-state index in [0.29, 0.717) is 0 Å². The fourth-order valence-electron chi connectivity index (χ4n) is 2.36. The second kappa shape index (κ2) is 3.63. The van der Waals surface area contributed by atoms with Gasteiger partial charge in [0, 0.05) is 11.7 Å². The first-order chi connectivity index (χ1) is 7.75. The van der Waals surface area contributed by atoms with Crippen molar-refractivity contribution in [2.45, 2.75) is 43.0 Å². The van der Waals surface area contributed by atoms with Crippen LogP contribution in [0, 0.1) is 0 Å². The minimum atomic E-state index is -1.00. The Bertz CT molecular complexity index is 409. The maximum Gasteiger partial charge on any atom is 0.327 e. The molecule has 0 unspecified atom stereocenters. The van der Waals surface area contributed by atoms with Crippen LogP contribution in [0.4, 0.5) is 0 Å². The van der Waals surface area contributed by atoms with Gasteiger partial charge in [0.2, 0.25) is 11.8 Å². The van der Waals surface area contributed by atoms with Gasteiger partial charge in [0.15, 0.2) is 0 Å². The normalized spacial score (nSPS) is 33.9. The Hall–Kier alpha value is -1.24. The largest absolute Gasteiger partial charge is 0.480 e. The summed E-state index contributed by atoms with van der Waals surface area (Å²) in [6.07, 6.45) is 0. The SMILES string of the molecule is CC(=O)N[C@@H]1C(=O)N2[C@@H]1SC(C)(C)[C@@H]2C(=O)O. The molecule has 2 N–H and O–H groups in total. The Morgan fingerprint density at radius 2 is 2.06 bits per heavy atom. The van der Waals surface area contributed by atoms with E-state index in [1.807, 2.05) is 0 Å². The van der Waals surface area contributed by atoms with Crippen molar-refractivity contribution >= 4 is 29.5 Å². The van der Waals surface area contributed by atoms with E-state index in [1.54, 1.807) is 13.8 Å². The van der Waals surface area contributed by atoms with Crippen molar-refractivity contribution in [1.29, 1.82) is 0 Å². The number of aliphatic carboxylic acids is 1. The number of rotatable bonds is 2. The summed E-state index contributed by atoms with van der Waals surface area (Å²) in [7, 11) is 0. The van der Waals surface area contributed by atoms with Crippen LogP contribution in [0.2, 0.25) is 0 Å². The second-order valence-corrected chi connectivity index (χ2v) is 6.55. The monoisotopic (exact) mass is 258 g/mol. The molecule has 2 amide bonds. The summed E-state index contributed by atoms with van der Waals surface area (Å²) in [6, 6.07) is -1.41. The Morgan fingerprint density at radius 1 is 1.47 bits per heavy atom. The van der Waals surface area contributed by atoms with E-state index in [4.69, 9.17) is 5.11 Å². The molecule has 2 aliphatic rings. The zero-order chi connectivity index (χ0) is 13.0. The number of carboxylic acid groups (broad SMARTS) is 1. The molecular formula is C10H14N2O4S. The van der Waals surface area contributed by atoms with Crippen molar-refractivity contribution in [2.75, 3.05) is 0 Å². The highest BCUT2D eigenvalue weighted by molar-refractivity contribution is 8.01. The summed E-state index contributed by atoms with van der Waals surface area (Å²) in [6.45, 7) is 4.94. The van der Waals surface area contributed by atoms with Gasteiger partial charge >= 0.3 is 5.97 Å². The van der Waals surface area contributed by atoms with Gasteiger partial charge in [-0.1, -0.05) is 0 Å². The van der Waals surface area contributed by atoms with Gasteiger partial charge in [-0.15, -0.1) is 11.8 Å². The van der Waals surface area contributed by atoms with E-state index in [9.17, 15) is 14.4 Å². The summed E-state index contributed by atoms with van der Waals surface area (Å²) in [5.74, 6) is -1.59. The molecule has 7 heteroatoms. The van der Waals surface area contributed by atoms with Gasteiger partial charge in [0.05, 0.1) is 0 Å². The Labute approximate surface area is 103 Å². The van der Waals surface area contributed by atoms with E-state index < -0.39 is 22.8 Å². The molecule has 2 aliphatic heterocycles. The topological polar surface area (TPSA) is 86.7 Å². The van der Waals surface area contributed by atoms with Gasteiger partial charge in [0.1, 0.15) is 17.5 Å². The molecule has 0 radical (unpaired) electrons. The first-order valence-corrected chi connectivity index (χ1v) is 6.13. The summed E-state index contributed by atoms with van der Waals surface area (Å²) in [4.78, 5) is 35.3. The molecule has 3 atom stereocenters. The predicted octanol–water partition coefficient (Wildman–Crippen LogP) is -0.362. The maximum atomic E-state index is 11.8. The summed E-state index contributed by atoms with van der Waals surface area (Å²) >= 11 is 1.42. The smallest absolute Gasteiger partial charge is 0.327 e. The zero-order valence-electron chi connectivity index (χ0n) is 9.76. The molecule has 0 saturated carbocycles. The van der Waals surface area contributed by atoms with Crippen LogP contribution in [-0.2, 0) is 14.4 Å². The number of thioether (sulfide) groups is 1. The number of carbonyl (C=O) groups is 3. The van der Waals surface area contributed by atoms with E-state index in [0.717, 1.165) is 0 Å². The molecule has 2 fully saturated rings. The van der Waals surface area contributed by atoms with Crippen LogP contribution in [0.3, 0.4) is 0 Å². The fraction of sp³-hybridized carbons (Fsp3) is 0.700. The van der Waals surface area contributed by atoms with Gasteiger partial charge in [-0.25, -0.2) is 4.79 Å². The lowest BCUT2D eigenvalue weighted by atomic mass is 9.96. The van der Waals surface area contributed by atoms with E-state index in [2.05, 4.69) is 5.32 Å². The fourth-order valence-corrected chi connectivity index (χ4v) is 3.99. The number of carboxylic acids is 1. The van der Waals surface area contributed by atoms with Gasteiger partial charge in [-0.2, -0.15) is 0 Å². The number of hydrogen-bond donors (Lipinski definition) is 2. The molecule has 17 heavy (non-hydrogen) atoms. The van der Waals surface area contributed by atoms with Gasteiger partial charge in [0.25, 0.3) is 0 Å². The Balaban J connectivity index is 2.21. The molecule has 94 valence electrons. The molecule has 2 heterocycles. The molecule has 0 aromatic rings. The van der Waals surface area contributed by atoms with Crippen LogP contribution in [0.1, 0.15) is 20.8 Å². The third kappa shape index (κ3) is 1.69. The van der Waals surface area contributed by atoms with Crippen LogP contribution in [-0.4, -0.2) is 50.0 Å². The molecule has 0 aromatic carbocycles. The number of carbonyl (C=O) groups excluding carboxylic acids is 2. The minimum absolute atomic E-state index is 0.262. The van der Waals surface area contributed by atoms with E-state index >= 15 is 0 Å². The lowest BCUT2D eigenvalue weighted by molar-refractivity contribution is -0.161. The predicted molar refractivity (Wildman–Crippen MR) is 61.3 cm³/mol. The van der Waals surface area contributed by atoms with Crippen LogP contribution >= 0.6 is 11.8 Å². The number of β-lactam (4-membered cyclic amide) rings is 1. The van der Waals surface area contributed by atoms with E-state index in [-0.39, 0.29) is 17.2 Å². The highest BCUT2D eigenvalue weighted by Gasteiger charge is 2.64. The van der Waals surface area contributed by atoms with Crippen LogP contribution in [0.15, 0.2) is 0 Å². The van der Waals surface area contributed by atoms with Gasteiger partial charge in [-0.3, -0.25) is 9.59 Å². The second-order valence-electron chi connectivity index (χ2n) is 4.78. The van der Waals surface area contributed by atoms with Crippen molar-refractivity contribution in [3.8, 4) is 0 Å². The molecular weight excluding hydrogens is 244 g/mol. The number of fused-ring (bicyclic) bond motifs is 1. The maximum absolute atomic E-state index is 11.8. The zero-order valence-corrected chi connectivity index (χ0v) is 10.6. The molecule has 0 aliphatic carbocycles. The quantitative estimate of drug-likeness (QED) is 0.660. The number of hydrogen-bond acceptors (Lipinski definition) is 4. The van der Waals surface area contributed by atoms with Gasteiger partial charge < -0.3 is 15.3 Å². The number of nitrogens with zero attached hydrogens (tertiary/aromatic N) is 1.